The molecule has 10 heteroatoms. The molecular formula is C19H17Cl2N4O4-. The molecule has 0 bridgehead atoms. The number of aromatic nitrogens is 4. The van der Waals surface area contributed by atoms with Crippen molar-refractivity contribution in [2.45, 2.75) is 39.7 Å². The number of carbonyl (C=O) groups is 2. The maximum atomic E-state index is 12.5. The smallest absolute Gasteiger partial charge is 0.310 e. The Morgan fingerprint density at radius 3 is 2.48 bits per heavy atom. The van der Waals surface area contributed by atoms with E-state index in [9.17, 15) is 14.7 Å². The summed E-state index contributed by atoms with van der Waals surface area (Å²) in [5.74, 6) is -2.52. The highest BCUT2D eigenvalue weighted by Crippen LogP contribution is 2.34. The highest BCUT2D eigenvalue weighted by molar-refractivity contribution is 6.36. The second kappa shape index (κ2) is 7.61. The molecule has 29 heavy (non-hydrogen) atoms. The van der Waals surface area contributed by atoms with Crippen LogP contribution in [0.3, 0.4) is 0 Å². The largest absolute Gasteiger partial charge is 0.541 e. The number of carbonyl (C=O) groups excluding carboxylic acids is 2. The fourth-order valence-electron chi connectivity index (χ4n) is 2.82. The number of carboxylic acids is 1. The van der Waals surface area contributed by atoms with Crippen LogP contribution >= 0.6 is 23.2 Å². The summed E-state index contributed by atoms with van der Waals surface area (Å²) in [6, 6.07) is 4.81. The molecule has 0 amide bonds. The van der Waals surface area contributed by atoms with Crippen LogP contribution in [0.4, 0.5) is 0 Å². The van der Waals surface area contributed by atoms with Gasteiger partial charge in [0.1, 0.15) is 11.6 Å². The summed E-state index contributed by atoms with van der Waals surface area (Å²) in [6.45, 7) is 6.97. The SMILES string of the molecule is Cc1nc2nc(C(=O)[O-])nn2c(-c2ccc(Cl)cc2Cl)c1CC(=O)OC(C)(C)C. The summed E-state index contributed by atoms with van der Waals surface area (Å²) in [5.41, 5.74) is 1.13. The first-order valence-corrected chi connectivity index (χ1v) is 9.36. The average molecular weight is 436 g/mol. The van der Waals surface area contributed by atoms with Crippen molar-refractivity contribution in [2.75, 3.05) is 0 Å². The van der Waals surface area contributed by atoms with E-state index in [0.717, 1.165) is 0 Å². The van der Waals surface area contributed by atoms with Crippen molar-refractivity contribution in [1.29, 1.82) is 0 Å². The molecule has 0 aliphatic carbocycles. The Morgan fingerprint density at radius 2 is 1.90 bits per heavy atom. The van der Waals surface area contributed by atoms with Crippen molar-refractivity contribution in [3.8, 4) is 11.3 Å². The number of aromatic carboxylic acids is 1. The van der Waals surface area contributed by atoms with Crippen LogP contribution in [-0.2, 0) is 16.0 Å². The van der Waals surface area contributed by atoms with E-state index in [1.54, 1.807) is 39.8 Å². The van der Waals surface area contributed by atoms with Crippen LogP contribution in [0.1, 0.15) is 42.6 Å². The highest BCUT2D eigenvalue weighted by atomic mass is 35.5. The Hall–Kier alpha value is -2.71. The minimum absolute atomic E-state index is 0.0376. The van der Waals surface area contributed by atoms with Crippen LogP contribution < -0.4 is 5.11 Å². The predicted molar refractivity (Wildman–Crippen MR) is 105 cm³/mol. The molecule has 0 fully saturated rings. The first-order valence-electron chi connectivity index (χ1n) is 8.61. The molecule has 2 aromatic heterocycles. The third-order valence-corrected chi connectivity index (χ3v) is 4.45. The Bertz CT molecular complexity index is 1140. The van der Waals surface area contributed by atoms with Gasteiger partial charge in [-0.25, -0.2) is 4.98 Å². The molecule has 0 N–H and O–H groups in total. The van der Waals surface area contributed by atoms with E-state index in [-0.39, 0.29) is 12.2 Å². The van der Waals surface area contributed by atoms with Crippen LogP contribution in [0, 0.1) is 6.92 Å². The monoisotopic (exact) mass is 435 g/mol. The van der Waals surface area contributed by atoms with Crippen molar-refractivity contribution in [3.63, 3.8) is 0 Å². The summed E-state index contributed by atoms with van der Waals surface area (Å²) in [7, 11) is 0. The topological polar surface area (TPSA) is 110 Å². The maximum Gasteiger partial charge on any atom is 0.310 e. The van der Waals surface area contributed by atoms with Crippen molar-refractivity contribution in [2.24, 2.45) is 0 Å². The molecule has 8 nitrogen and oxygen atoms in total. The molecule has 2 heterocycles. The zero-order chi connectivity index (χ0) is 21.5. The van der Waals surface area contributed by atoms with Gasteiger partial charge in [-0.2, -0.15) is 9.50 Å². The minimum atomic E-state index is -1.55. The van der Waals surface area contributed by atoms with Gasteiger partial charge in [-0.15, -0.1) is 5.10 Å². The van der Waals surface area contributed by atoms with Crippen LogP contribution in [0.5, 0.6) is 0 Å². The van der Waals surface area contributed by atoms with Crippen molar-refractivity contribution in [3.05, 3.63) is 45.3 Å². The van der Waals surface area contributed by atoms with Crippen LogP contribution in [0.2, 0.25) is 10.0 Å². The molecule has 3 rings (SSSR count). The first kappa shape index (κ1) is 21.0. The van der Waals surface area contributed by atoms with E-state index < -0.39 is 23.4 Å². The summed E-state index contributed by atoms with van der Waals surface area (Å²) >= 11 is 12.4. The number of halogens is 2. The zero-order valence-corrected chi connectivity index (χ0v) is 17.6. The van der Waals surface area contributed by atoms with E-state index in [1.807, 2.05) is 0 Å². The lowest BCUT2D eigenvalue weighted by Gasteiger charge is -2.21. The molecular weight excluding hydrogens is 419 g/mol. The molecule has 0 unspecified atom stereocenters. The van der Waals surface area contributed by atoms with Crippen LogP contribution in [-0.4, -0.2) is 37.1 Å². The van der Waals surface area contributed by atoms with Gasteiger partial charge in [-0.1, -0.05) is 23.2 Å². The van der Waals surface area contributed by atoms with E-state index in [4.69, 9.17) is 27.9 Å². The Labute approximate surface area is 176 Å². The molecule has 0 atom stereocenters. The number of carboxylic acid groups (broad SMARTS) is 1. The number of hydrogen-bond acceptors (Lipinski definition) is 7. The number of hydrogen-bond donors (Lipinski definition) is 0. The third kappa shape index (κ3) is 4.49. The quantitative estimate of drug-likeness (QED) is 0.579. The normalized spacial score (nSPS) is 11.7. The number of fused-ring (bicyclic) bond motifs is 1. The average Bonchev–Trinajstić information content (AvgIpc) is 2.98. The lowest BCUT2D eigenvalue weighted by molar-refractivity contribution is -0.256. The minimum Gasteiger partial charge on any atom is -0.541 e. The van der Waals surface area contributed by atoms with Gasteiger partial charge in [0.2, 0.25) is 0 Å². The number of rotatable bonds is 4. The number of ether oxygens (including phenoxy) is 1. The summed E-state index contributed by atoms with van der Waals surface area (Å²) in [6.07, 6.45) is -0.124. The Kier molecular flexibility index (Phi) is 5.51. The van der Waals surface area contributed by atoms with Crippen molar-refractivity contribution >= 4 is 40.9 Å². The summed E-state index contributed by atoms with van der Waals surface area (Å²) in [5, 5.41) is 15.9. The zero-order valence-electron chi connectivity index (χ0n) is 16.1. The summed E-state index contributed by atoms with van der Waals surface area (Å²) < 4.78 is 6.65. The first-order chi connectivity index (χ1) is 13.5. The van der Waals surface area contributed by atoms with Gasteiger partial charge in [0.05, 0.1) is 17.1 Å². The highest BCUT2D eigenvalue weighted by Gasteiger charge is 2.24. The molecule has 152 valence electrons. The van der Waals surface area contributed by atoms with Gasteiger partial charge in [0, 0.05) is 21.8 Å². The molecule has 1 aromatic carbocycles. The predicted octanol–water partition coefficient (Wildman–Crippen LogP) is 2.65. The molecule has 0 aliphatic heterocycles. The number of benzene rings is 1. The van der Waals surface area contributed by atoms with Gasteiger partial charge < -0.3 is 14.6 Å². The Morgan fingerprint density at radius 1 is 1.21 bits per heavy atom. The fourth-order valence-corrected chi connectivity index (χ4v) is 3.32. The van der Waals surface area contributed by atoms with Crippen LogP contribution in [0.25, 0.3) is 17.0 Å². The third-order valence-electron chi connectivity index (χ3n) is 3.90. The second-order valence-corrected chi connectivity index (χ2v) is 8.19. The number of aryl methyl sites for hydroxylation is 1. The lowest BCUT2D eigenvalue weighted by Crippen LogP contribution is -2.25. The Balaban J connectivity index is 2.27. The molecule has 0 spiro atoms. The van der Waals surface area contributed by atoms with E-state index in [0.29, 0.717) is 32.6 Å². The number of nitrogens with zero attached hydrogens (tertiary/aromatic N) is 4. The molecule has 0 saturated heterocycles. The summed E-state index contributed by atoms with van der Waals surface area (Å²) in [4.78, 5) is 31.9. The van der Waals surface area contributed by atoms with E-state index in [2.05, 4.69) is 15.1 Å². The maximum absolute atomic E-state index is 12.5. The van der Waals surface area contributed by atoms with Gasteiger partial charge in [0.15, 0.2) is 5.82 Å². The molecule has 0 saturated carbocycles. The molecule has 0 aliphatic rings. The van der Waals surface area contributed by atoms with Crippen LogP contribution in [0.15, 0.2) is 18.2 Å². The van der Waals surface area contributed by atoms with Gasteiger partial charge in [-0.3, -0.25) is 4.79 Å². The van der Waals surface area contributed by atoms with E-state index in [1.165, 1.54) is 10.6 Å². The van der Waals surface area contributed by atoms with Gasteiger partial charge in [0.25, 0.3) is 5.78 Å². The van der Waals surface area contributed by atoms with Crippen molar-refractivity contribution in [1.82, 2.24) is 19.6 Å². The molecule has 0 radical (unpaired) electrons. The van der Waals surface area contributed by atoms with Crippen molar-refractivity contribution < 1.29 is 19.4 Å². The van der Waals surface area contributed by atoms with Gasteiger partial charge in [-0.05, 0) is 45.9 Å². The van der Waals surface area contributed by atoms with Gasteiger partial charge >= 0.3 is 5.97 Å². The second-order valence-electron chi connectivity index (χ2n) is 7.35. The number of esters is 1. The fraction of sp³-hybridized carbons (Fsp3) is 0.316. The lowest BCUT2D eigenvalue weighted by atomic mass is 10.0. The molecule has 3 aromatic rings. The van der Waals surface area contributed by atoms with E-state index >= 15 is 0 Å². The standard InChI is InChI=1S/C19H18Cl2N4O4/c1-9-12(8-14(26)29-19(2,3)4)15(11-6-5-10(20)7-13(11)21)25-18(22-9)23-16(24-25)17(27)28/h5-7H,8H2,1-4H3,(H,27,28)/p-1.